The van der Waals surface area contributed by atoms with Crippen molar-refractivity contribution in [3.8, 4) is 11.4 Å². The highest BCUT2D eigenvalue weighted by Crippen LogP contribution is 2.22. The Kier molecular flexibility index (Phi) is 3.24. The molecule has 0 aliphatic heterocycles. The molecule has 90 valence electrons. The Morgan fingerprint density at radius 1 is 1.41 bits per heavy atom. The third kappa shape index (κ3) is 2.22. The molecule has 1 aromatic carbocycles. The Morgan fingerprint density at radius 2 is 2.18 bits per heavy atom. The molecule has 0 saturated heterocycles. The lowest BCUT2D eigenvalue weighted by molar-refractivity contribution is 0.296. The zero-order chi connectivity index (χ0) is 12.4. The van der Waals surface area contributed by atoms with Gasteiger partial charge >= 0.3 is 0 Å². The van der Waals surface area contributed by atoms with Gasteiger partial charge in [-0.05, 0) is 19.1 Å². The van der Waals surface area contributed by atoms with Crippen molar-refractivity contribution in [1.29, 1.82) is 0 Å². The number of hydrogen-bond donors (Lipinski definition) is 1. The van der Waals surface area contributed by atoms with E-state index in [4.69, 9.17) is 5.11 Å². The fourth-order valence-electron chi connectivity index (χ4n) is 2.01. The van der Waals surface area contributed by atoms with E-state index >= 15 is 0 Å². The number of hydrogen-bond acceptors (Lipinski definition) is 2. The molecule has 1 aromatic heterocycles. The monoisotopic (exact) mass is 234 g/mol. The molecule has 0 fully saturated rings. The first-order valence-corrected chi connectivity index (χ1v) is 5.52. The number of imidazole rings is 1. The number of halogens is 1. The van der Waals surface area contributed by atoms with Crippen molar-refractivity contribution in [3.05, 3.63) is 41.5 Å². The summed E-state index contributed by atoms with van der Waals surface area (Å²) in [5.41, 5.74) is 2.60. The van der Waals surface area contributed by atoms with Crippen LogP contribution in [-0.4, -0.2) is 21.3 Å². The maximum Gasteiger partial charge on any atom is 0.140 e. The molecule has 0 radical (unpaired) electrons. The molecular weight excluding hydrogens is 219 g/mol. The number of aryl methyl sites for hydroxylation is 1. The van der Waals surface area contributed by atoms with Crippen LogP contribution in [0.2, 0.25) is 0 Å². The highest BCUT2D eigenvalue weighted by atomic mass is 19.1. The molecule has 0 amide bonds. The van der Waals surface area contributed by atoms with Gasteiger partial charge in [0.1, 0.15) is 11.6 Å². The van der Waals surface area contributed by atoms with Crippen molar-refractivity contribution >= 4 is 0 Å². The van der Waals surface area contributed by atoms with Crippen molar-refractivity contribution in [1.82, 2.24) is 9.55 Å². The lowest BCUT2D eigenvalue weighted by Gasteiger charge is -2.05. The Labute approximate surface area is 99.5 Å². The van der Waals surface area contributed by atoms with Gasteiger partial charge in [0.25, 0.3) is 0 Å². The van der Waals surface area contributed by atoms with Crippen molar-refractivity contribution in [2.24, 2.45) is 7.05 Å². The van der Waals surface area contributed by atoms with E-state index in [9.17, 15) is 4.39 Å². The standard InChI is InChI=1S/C13H15FN2O/c1-9-12(6-7-17)16(2)13(15-9)10-4-3-5-11(14)8-10/h3-5,8,17H,6-7H2,1-2H3. The first kappa shape index (κ1) is 11.8. The second-order valence-corrected chi connectivity index (χ2v) is 4.01. The van der Waals surface area contributed by atoms with Crippen molar-refractivity contribution in [3.63, 3.8) is 0 Å². The molecule has 1 heterocycles. The Bertz CT molecular complexity index is 534. The number of aromatic nitrogens is 2. The van der Waals surface area contributed by atoms with E-state index in [1.807, 2.05) is 24.6 Å². The number of nitrogens with zero attached hydrogens (tertiary/aromatic N) is 2. The second kappa shape index (κ2) is 4.67. The lowest BCUT2D eigenvalue weighted by Crippen LogP contribution is -2.02. The Hall–Kier alpha value is -1.68. The minimum atomic E-state index is -0.271. The quantitative estimate of drug-likeness (QED) is 0.882. The topological polar surface area (TPSA) is 38.0 Å². The highest BCUT2D eigenvalue weighted by Gasteiger charge is 2.12. The number of aliphatic hydroxyl groups excluding tert-OH is 1. The summed E-state index contributed by atoms with van der Waals surface area (Å²) in [4.78, 5) is 4.43. The van der Waals surface area contributed by atoms with E-state index in [-0.39, 0.29) is 12.4 Å². The van der Waals surface area contributed by atoms with Crippen LogP contribution < -0.4 is 0 Å². The van der Waals surface area contributed by atoms with Gasteiger partial charge < -0.3 is 9.67 Å². The van der Waals surface area contributed by atoms with E-state index < -0.39 is 0 Å². The molecule has 0 aliphatic rings. The lowest BCUT2D eigenvalue weighted by atomic mass is 10.2. The summed E-state index contributed by atoms with van der Waals surface area (Å²) in [6.07, 6.45) is 0.560. The second-order valence-electron chi connectivity index (χ2n) is 4.01. The van der Waals surface area contributed by atoms with Crippen molar-refractivity contribution < 1.29 is 9.50 Å². The largest absolute Gasteiger partial charge is 0.396 e. The molecule has 17 heavy (non-hydrogen) atoms. The van der Waals surface area contributed by atoms with E-state index in [0.717, 1.165) is 22.8 Å². The number of benzene rings is 1. The molecule has 2 rings (SSSR count). The van der Waals surface area contributed by atoms with Crippen LogP contribution >= 0.6 is 0 Å². The molecule has 0 saturated carbocycles. The van der Waals surface area contributed by atoms with Crippen LogP contribution in [0.3, 0.4) is 0 Å². The van der Waals surface area contributed by atoms with Gasteiger partial charge in [0.15, 0.2) is 0 Å². The van der Waals surface area contributed by atoms with Gasteiger partial charge in [0, 0.05) is 31.3 Å². The zero-order valence-electron chi connectivity index (χ0n) is 9.94. The summed E-state index contributed by atoms with van der Waals surface area (Å²) in [5, 5.41) is 8.99. The van der Waals surface area contributed by atoms with Crippen LogP contribution in [0.15, 0.2) is 24.3 Å². The first-order chi connectivity index (χ1) is 8.13. The van der Waals surface area contributed by atoms with E-state index in [1.54, 1.807) is 6.07 Å². The van der Waals surface area contributed by atoms with Crippen molar-refractivity contribution in [2.75, 3.05) is 6.61 Å². The van der Waals surface area contributed by atoms with Gasteiger partial charge in [0.05, 0.1) is 5.69 Å². The van der Waals surface area contributed by atoms with Crippen LogP contribution in [0.5, 0.6) is 0 Å². The van der Waals surface area contributed by atoms with Gasteiger partial charge in [-0.2, -0.15) is 0 Å². The van der Waals surface area contributed by atoms with Crippen LogP contribution in [-0.2, 0) is 13.5 Å². The summed E-state index contributed by atoms with van der Waals surface area (Å²) < 4.78 is 15.1. The molecule has 0 spiro atoms. The average molecular weight is 234 g/mol. The maximum atomic E-state index is 13.2. The third-order valence-electron chi connectivity index (χ3n) is 2.85. The SMILES string of the molecule is Cc1nc(-c2cccc(F)c2)n(C)c1CCO. The van der Waals surface area contributed by atoms with E-state index in [2.05, 4.69) is 4.98 Å². The van der Waals surface area contributed by atoms with Gasteiger partial charge in [-0.3, -0.25) is 0 Å². The Morgan fingerprint density at radius 3 is 2.82 bits per heavy atom. The molecule has 0 unspecified atom stereocenters. The van der Waals surface area contributed by atoms with Crippen LogP contribution in [0.4, 0.5) is 4.39 Å². The van der Waals surface area contributed by atoms with E-state index in [0.29, 0.717) is 6.42 Å². The molecule has 3 nitrogen and oxygen atoms in total. The summed E-state index contributed by atoms with van der Waals surface area (Å²) in [5.74, 6) is 0.456. The molecule has 1 N–H and O–H groups in total. The van der Waals surface area contributed by atoms with Crippen LogP contribution in [0, 0.1) is 12.7 Å². The van der Waals surface area contributed by atoms with Crippen molar-refractivity contribution in [2.45, 2.75) is 13.3 Å². The predicted octanol–water partition coefficient (Wildman–Crippen LogP) is 2.07. The van der Waals surface area contributed by atoms with Gasteiger partial charge in [-0.1, -0.05) is 12.1 Å². The van der Waals surface area contributed by atoms with Crippen LogP contribution in [0.1, 0.15) is 11.4 Å². The molecular formula is C13H15FN2O. The Balaban J connectivity index is 2.50. The molecule has 0 aliphatic carbocycles. The van der Waals surface area contributed by atoms with E-state index in [1.165, 1.54) is 12.1 Å². The van der Waals surface area contributed by atoms with Gasteiger partial charge in [-0.15, -0.1) is 0 Å². The maximum absolute atomic E-state index is 13.2. The van der Waals surface area contributed by atoms with Gasteiger partial charge in [0.2, 0.25) is 0 Å². The summed E-state index contributed by atoms with van der Waals surface area (Å²) in [6.45, 7) is 1.98. The minimum Gasteiger partial charge on any atom is -0.396 e. The third-order valence-corrected chi connectivity index (χ3v) is 2.85. The summed E-state index contributed by atoms with van der Waals surface area (Å²) in [6, 6.07) is 6.37. The highest BCUT2D eigenvalue weighted by molar-refractivity contribution is 5.56. The minimum absolute atomic E-state index is 0.0863. The predicted molar refractivity (Wildman–Crippen MR) is 64.1 cm³/mol. The normalized spacial score (nSPS) is 10.8. The molecule has 2 aromatic rings. The first-order valence-electron chi connectivity index (χ1n) is 5.52. The number of aliphatic hydroxyl groups is 1. The smallest absolute Gasteiger partial charge is 0.140 e. The fourth-order valence-corrected chi connectivity index (χ4v) is 2.01. The molecule has 0 atom stereocenters. The average Bonchev–Trinajstić information content (AvgIpc) is 2.57. The number of rotatable bonds is 3. The zero-order valence-corrected chi connectivity index (χ0v) is 9.94. The van der Waals surface area contributed by atoms with Gasteiger partial charge in [-0.25, -0.2) is 9.37 Å². The molecule has 4 heteroatoms. The summed E-state index contributed by atoms with van der Waals surface area (Å²) >= 11 is 0. The molecule has 0 bridgehead atoms. The van der Waals surface area contributed by atoms with Crippen LogP contribution in [0.25, 0.3) is 11.4 Å². The summed E-state index contributed by atoms with van der Waals surface area (Å²) in [7, 11) is 1.88. The fraction of sp³-hybridized carbons (Fsp3) is 0.308.